The molecule has 2 aromatic rings. The van der Waals surface area contributed by atoms with Crippen LogP contribution in [-0.2, 0) is 16.1 Å². The third-order valence-electron chi connectivity index (χ3n) is 4.69. The predicted molar refractivity (Wildman–Crippen MR) is 133 cm³/mol. The van der Waals surface area contributed by atoms with E-state index in [1.54, 1.807) is 31.4 Å². The van der Waals surface area contributed by atoms with Crippen LogP contribution in [0.3, 0.4) is 0 Å². The topological polar surface area (TPSA) is 79.9 Å². The highest BCUT2D eigenvalue weighted by atomic mass is 16.5. The van der Waals surface area contributed by atoms with Gasteiger partial charge in [-0.25, -0.2) is 0 Å². The number of anilines is 2. The number of methoxy groups -OCH3 is 1. The van der Waals surface area contributed by atoms with Crippen LogP contribution in [0.2, 0.25) is 0 Å². The van der Waals surface area contributed by atoms with Gasteiger partial charge in [0, 0.05) is 31.4 Å². The molecule has 0 radical (unpaired) electrons. The summed E-state index contributed by atoms with van der Waals surface area (Å²) < 4.78 is 11.4. The summed E-state index contributed by atoms with van der Waals surface area (Å²) in [5, 5.41) is 5.65. The van der Waals surface area contributed by atoms with E-state index in [-0.39, 0.29) is 18.4 Å². The van der Waals surface area contributed by atoms with Gasteiger partial charge in [-0.2, -0.15) is 0 Å². The van der Waals surface area contributed by atoms with Gasteiger partial charge in [-0.05, 0) is 53.8 Å². The molecule has 0 bridgehead atoms. The second-order valence-electron chi connectivity index (χ2n) is 9.06. The number of hydrogen-bond donors (Lipinski definition) is 2. The Balaban J connectivity index is 2.06. The van der Waals surface area contributed by atoms with Crippen LogP contribution in [0.1, 0.15) is 40.2 Å². The Hall–Kier alpha value is -3.06. The number of nitrogens with zero attached hydrogens (tertiary/aromatic N) is 1. The van der Waals surface area contributed by atoms with Crippen molar-refractivity contribution in [3.05, 3.63) is 48.0 Å². The average molecular weight is 456 g/mol. The van der Waals surface area contributed by atoms with Crippen molar-refractivity contribution in [3.8, 4) is 11.5 Å². The van der Waals surface area contributed by atoms with E-state index in [0.717, 1.165) is 17.9 Å². The molecule has 0 aromatic heterocycles. The van der Waals surface area contributed by atoms with Crippen molar-refractivity contribution >= 4 is 23.2 Å². The number of nitrogens with one attached hydrogen (secondary N) is 2. The number of amides is 2. The van der Waals surface area contributed by atoms with Gasteiger partial charge in [-0.1, -0.05) is 33.8 Å². The number of carbonyl (C=O) groups is 2. The molecule has 0 aliphatic carbocycles. The van der Waals surface area contributed by atoms with E-state index in [2.05, 4.69) is 43.2 Å². The van der Waals surface area contributed by atoms with E-state index in [0.29, 0.717) is 42.1 Å². The van der Waals surface area contributed by atoms with E-state index >= 15 is 0 Å². The molecule has 33 heavy (non-hydrogen) atoms. The fourth-order valence-corrected chi connectivity index (χ4v) is 3.39. The van der Waals surface area contributed by atoms with Crippen LogP contribution < -0.4 is 20.1 Å². The van der Waals surface area contributed by atoms with Gasteiger partial charge in [0.15, 0.2) is 11.5 Å². The van der Waals surface area contributed by atoms with E-state index < -0.39 is 0 Å². The summed E-state index contributed by atoms with van der Waals surface area (Å²) in [4.78, 5) is 26.0. The van der Waals surface area contributed by atoms with Gasteiger partial charge in [0.1, 0.15) is 0 Å². The molecule has 0 atom stereocenters. The van der Waals surface area contributed by atoms with Crippen LogP contribution in [-0.4, -0.2) is 43.5 Å². The number of rotatable bonds is 12. The summed E-state index contributed by atoms with van der Waals surface area (Å²) in [6, 6.07) is 13.0. The summed E-state index contributed by atoms with van der Waals surface area (Å²) >= 11 is 0. The third-order valence-corrected chi connectivity index (χ3v) is 4.69. The minimum absolute atomic E-state index is 0.0901. The van der Waals surface area contributed by atoms with Crippen molar-refractivity contribution in [1.82, 2.24) is 4.90 Å². The van der Waals surface area contributed by atoms with Gasteiger partial charge >= 0.3 is 0 Å². The lowest BCUT2D eigenvalue weighted by Crippen LogP contribution is -2.35. The molecule has 0 unspecified atom stereocenters. The fourth-order valence-electron chi connectivity index (χ4n) is 3.39. The standard InChI is InChI=1S/C26H37N3O4/c1-18(2)14-29(15-21-7-12-24(32-6)25(13-21)33-17-19(3)4)16-26(31)28-23-10-8-22(9-11-23)27-20(5)30/h7-13,18-19H,14-17H2,1-6H3,(H,27,30)(H,28,31). The first-order valence-electron chi connectivity index (χ1n) is 11.4. The molecule has 2 amide bonds. The maximum Gasteiger partial charge on any atom is 0.238 e. The minimum atomic E-state index is -0.132. The van der Waals surface area contributed by atoms with Gasteiger partial charge in [-0.15, -0.1) is 0 Å². The SMILES string of the molecule is COc1ccc(CN(CC(=O)Nc2ccc(NC(C)=O)cc2)CC(C)C)cc1OCC(C)C. The first-order chi connectivity index (χ1) is 15.7. The van der Waals surface area contributed by atoms with Crippen LogP contribution in [0, 0.1) is 11.8 Å². The normalized spacial score (nSPS) is 11.1. The monoisotopic (exact) mass is 455 g/mol. The molecule has 180 valence electrons. The summed E-state index contributed by atoms with van der Waals surface area (Å²) in [6.07, 6.45) is 0. The first-order valence-corrected chi connectivity index (χ1v) is 11.4. The largest absolute Gasteiger partial charge is 0.493 e. The molecule has 2 rings (SSSR count). The number of carbonyl (C=O) groups excluding carboxylic acids is 2. The summed E-state index contributed by atoms with van der Waals surface area (Å²) in [5.41, 5.74) is 2.44. The highest BCUT2D eigenvalue weighted by molar-refractivity contribution is 5.93. The van der Waals surface area contributed by atoms with Gasteiger partial charge in [0.2, 0.25) is 11.8 Å². The van der Waals surface area contributed by atoms with Gasteiger partial charge in [0.25, 0.3) is 0 Å². The van der Waals surface area contributed by atoms with Gasteiger partial charge in [-0.3, -0.25) is 14.5 Å². The van der Waals surface area contributed by atoms with Crippen LogP contribution in [0.15, 0.2) is 42.5 Å². The second kappa shape index (κ2) is 12.8. The smallest absolute Gasteiger partial charge is 0.238 e. The highest BCUT2D eigenvalue weighted by Gasteiger charge is 2.15. The molecule has 7 nitrogen and oxygen atoms in total. The summed E-state index contributed by atoms with van der Waals surface area (Å²) in [5.74, 6) is 2.02. The van der Waals surface area contributed by atoms with Crippen LogP contribution in [0.25, 0.3) is 0 Å². The molecule has 0 fully saturated rings. The quantitative estimate of drug-likeness (QED) is 0.481. The zero-order chi connectivity index (χ0) is 24.4. The predicted octanol–water partition coefficient (Wildman–Crippen LogP) is 4.79. The lowest BCUT2D eigenvalue weighted by atomic mass is 10.1. The summed E-state index contributed by atoms with van der Waals surface area (Å²) in [6.45, 7) is 12.2. The third kappa shape index (κ3) is 9.53. The Bertz CT molecular complexity index is 910. The molecule has 0 heterocycles. The Kier molecular flexibility index (Phi) is 10.2. The molecular weight excluding hydrogens is 418 g/mol. The maximum atomic E-state index is 12.7. The van der Waals surface area contributed by atoms with Crippen LogP contribution >= 0.6 is 0 Å². The van der Waals surface area contributed by atoms with Crippen molar-refractivity contribution in [3.63, 3.8) is 0 Å². The number of hydrogen-bond acceptors (Lipinski definition) is 5. The van der Waals surface area contributed by atoms with Crippen molar-refractivity contribution in [2.45, 2.75) is 41.2 Å². The first kappa shape index (κ1) is 26.2. The van der Waals surface area contributed by atoms with Crippen LogP contribution in [0.5, 0.6) is 11.5 Å². The second-order valence-corrected chi connectivity index (χ2v) is 9.06. The molecule has 0 aliphatic heterocycles. The minimum Gasteiger partial charge on any atom is -0.493 e. The van der Waals surface area contributed by atoms with Crippen molar-refractivity contribution in [2.75, 3.05) is 37.4 Å². The zero-order valence-electron chi connectivity index (χ0n) is 20.6. The van der Waals surface area contributed by atoms with Crippen molar-refractivity contribution in [2.24, 2.45) is 11.8 Å². The lowest BCUT2D eigenvalue weighted by molar-refractivity contribution is -0.117. The molecule has 2 N–H and O–H groups in total. The number of benzene rings is 2. The molecule has 2 aromatic carbocycles. The molecule has 0 saturated heterocycles. The Morgan fingerprint density at radius 2 is 1.55 bits per heavy atom. The van der Waals surface area contributed by atoms with Gasteiger partial charge < -0.3 is 20.1 Å². The summed E-state index contributed by atoms with van der Waals surface area (Å²) in [7, 11) is 1.63. The molecule has 7 heteroatoms. The van der Waals surface area contributed by atoms with E-state index in [4.69, 9.17) is 9.47 Å². The molecule has 0 aliphatic rings. The van der Waals surface area contributed by atoms with Crippen molar-refractivity contribution < 1.29 is 19.1 Å². The number of ether oxygens (including phenoxy) is 2. The van der Waals surface area contributed by atoms with Gasteiger partial charge in [0.05, 0.1) is 20.3 Å². The Labute approximate surface area is 197 Å². The van der Waals surface area contributed by atoms with Crippen molar-refractivity contribution in [1.29, 1.82) is 0 Å². The van der Waals surface area contributed by atoms with E-state index in [1.807, 2.05) is 18.2 Å². The maximum absolute atomic E-state index is 12.7. The van der Waals surface area contributed by atoms with E-state index in [9.17, 15) is 9.59 Å². The Morgan fingerprint density at radius 1 is 0.909 bits per heavy atom. The highest BCUT2D eigenvalue weighted by Crippen LogP contribution is 2.29. The lowest BCUT2D eigenvalue weighted by Gasteiger charge is -2.24. The fraction of sp³-hybridized carbons (Fsp3) is 0.462. The Morgan fingerprint density at radius 3 is 2.09 bits per heavy atom. The molecular formula is C26H37N3O4. The average Bonchev–Trinajstić information content (AvgIpc) is 2.72. The molecule has 0 spiro atoms. The van der Waals surface area contributed by atoms with E-state index in [1.165, 1.54) is 6.92 Å². The molecule has 0 saturated carbocycles. The zero-order valence-corrected chi connectivity index (χ0v) is 20.6. The van der Waals surface area contributed by atoms with Crippen LogP contribution in [0.4, 0.5) is 11.4 Å².